The molecule has 0 aliphatic carbocycles. The van der Waals surface area contributed by atoms with Crippen LogP contribution in [0.5, 0.6) is 0 Å². The fourth-order valence-electron chi connectivity index (χ4n) is 1.61. The molecule has 0 bridgehead atoms. The van der Waals surface area contributed by atoms with Crippen LogP contribution in [0.2, 0.25) is 0 Å². The van der Waals surface area contributed by atoms with E-state index >= 15 is 0 Å². The van der Waals surface area contributed by atoms with E-state index in [4.69, 9.17) is 4.42 Å². The lowest BCUT2D eigenvalue weighted by atomic mass is 10.1. The van der Waals surface area contributed by atoms with Gasteiger partial charge in [0.25, 0.3) is 0 Å². The van der Waals surface area contributed by atoms with E-state index in [0.29, 0.717) is 0 Å². The number of nitrogens with one attached hydrogen (secondary N) is 1. The molecule has 3 nitrogen and oxygen atoms in total. The van der Waals surface area contributed by atoms with Crippen molar-refractivity contribution in [2.75, 3.05) is 7.05 Å². The van der Waals surface area contributed by atoms with E-state index in [9.17, 15) is 0 Å². The normalized spacial score (nSPS) is 10.5. The molecule has 0 aliphatic heterocycles. The summed E-state index contributed by atoms with van der Waals surface area (Å²) in [6.07, 6.45) is 1.49. The molecule has 0 fully saturated rings. The first-order chi connectivity index (χ1) is 7.33. The fourth-order valence-corrected chi connectivity index (χ4v) is 1.61. The van der Waals surface area contributed by atoms with E-state index in [-0.39, 0.29) is 0 Å². The molecule has 0 spiro atoms. The van der Waals surface area contributed by atoms with Crippen LogP contribution in [-0.2, 0) is 6.54 Å². The van der Waals surface area contributed by atoms with Gasteiger partial charge in [0.2, 0.25) is 0 Å². The first-order valence-corrected chi connectivity index (χ1v) is 4.96. The van der Waals surface area contributed by atoms with Gasteiger partial charge in [0.05, 0.1) is 0 Å². The molecular weight excluding hydrogens is 188 g/mol. The Morgan fingerprint density at radius 1 is 1.33 bits per heavy atom. The van der Waals surface area contributed by atoms with Gasteiger partial charge in [0, 0.05) is 12.1 Å². The zero-order valence-electron chi connectivity index (χ0n) is 8.95. The van der Waals surface area contributed by atoms with Crippen molar-refractivity contribution >= 4 is 0 Å². The van der Waals surface area contributed by atoms with E-state index in [2.05, 4.69) is 29.4 Å². The minimum atomic E-state index is 0.722. The van der Waals surface area contributed by atoms with Gasteiger partial charge in [-0.2, -0.15) is 0 Å². The molecule has 2 aromatic rings. The summed E-state index contributed by atoms with van der Waals surface area (Å²) in [5.74, 6) is 0.863. The summed E-state index contributed by atoms with van der Waals surface area (Å²) in [5, 5.41) is 3.08. The summed E-state index contributed by atoms with van der Waals surface area (Å²) in [6, 6.07) is 8.15. The van der Waals surface area contributed by atoms with Crippen molar-refractivity contribution in [3.63, 3.8) is 0 Å². The molecule has 0 saturated heterocycles. The number of hydrogen-bond acceptors (Lipinski definition) is 3. The second kappa shape index (κ2) is 4.28. The topological polar surface area (TPSA) is 38.1 Å². The van der Waals surface area contributed by atoms with Crippen molar-refractivity contribution in [2.45, 2.75) is 13.5 Å². The van der Waals surface area contributed by atoms with E-state index < -0.39 is 0 Å². The van der Waals surface area contributed by atoms with Gasteiger partial charge in [0.15, 0.2) is 12.2 Å². The highest BCUT2D eigenvalue weighted by Crippen LogP contribution is 2.25. The Kier molecular flexibility index (Phi) is 2.83. The number of aromatic nitrogens is 1. The second-order valence-corrected chi connectivity index (χ2v) is 3.47. The van der Waals surface area contributed by atoms with E-state index in [0.717, 1.165) is 23.6 Å². The number of benzene rings is 1. The molecule has 78 valence electrons. The average molecular weight is 202 g/mol. The van der Waals surface area contributed by atoms with Crippen molar-refractivity contribution < 1.29 is 4.42 Å². The van der Waals surface area contributed by atoms with Crippen molar-refractivity contribution in [1.29, 1.82) is 0 Å². The number of nitrogens with zero attached hydrogens (tertiary/aromatic N) is 1. The Bertz CT molecular complexity index is 448. The van der Waals surface area contributed by atoms with Crippen LogP contribution in [0.3, 0.4) is 0 Å². The molecule has 0 amide bonds. The van der Waals surface area contributed by atoms with Crippen LogP contribution in [0.25, 0.3) is 11.3 Å². The van der Waals surface area contributed by atoms with Crippen LogP contribution in [0.4, 0.5) is 0 Å². The smallest absolute Gasteiger partial charge is 0.181 e. The highest BCUT2D eigenvalue weighted by molar-refractivity contribution is 5.63. The van der Waals surface area contributed by atoms with Crippen LogP contribution in [0, 0.1) is 6.92 Å². The third-order valence-corrected chi connectivity index (χ3v) is 2.38. The molecule has 15 heavy (non-hydrogen) atoms. The molecule has 1 aromatic heterocycles. The lowest BCUT2D eigenvalue weighted by Crippen LogP contribution is -2.06. The molecular formula is C12H14N2O. The van der Waals surface area contributed by atoms with Crippen molar-refractivity contribution in [3.8, 4) is 11.3 Å². The molecule has 0 radical (unpaired) electrons. The minimum absolute atomic E-state index is 0.722. The van der Waals surface area contributed by atoms with E-state index in [1.807, 2.05) is 19.2 Å². The van der Waals surface area contributed by atoms with E-state index in [1.54, 1.807) is 0 Å². The van der Waals surface area contributed by atoms with Gasteiger partial charge in [-0.1, -0.05) is 24.3 Å². The first-order valence-electron chi connectivity index (χ1n) is 4.96. The number of oxazole rings is 1. The van der Waals surface area contributed by atoms with Crippen LogP contribution < -0.4 is 5.32 Å². The van der Waals surface area contributed by atoms with Gasteiger partial charge < -0.3 is 9.73 Å². The molecule has 0 atom stereocenters. The summed E-state index contributed by atoms with van der Waals surface area (Å²) in [6.45, 7) is 2.79. The van der Waals surface area contributed by atoms with Crippen LogP contribution in [-0.4, -0.2) is 12.0 Å². The molecule has 1 aromatic carbocycles. The lowest BCUT2D eigenvalue weighted by Gasteiger charge is -2.03. The summed E-state index contributed by atoms with van der Waals surface area (Å²) < 4.78 is 5.43. The molecule has 2 rings (SSSR count). The predicted octanol–water partition coefficient (Wildman–Crippen LogP) is 2.37. The van der Waals surface area contributed by atoms with Gasteiger partial charge in [-0.3, -0.25) is 0 Å². The van der Waals surface area contributed by atoms with Crippen LogP contribution in [0.15, 0.2) is 35.1 Å². The SMILES string of the molecule is CNCc1ncoc1-c1ccccc1C. The Hall–Kier alpha value is -1.61. The quantitative estimate of drug-likeness (QED) is 0.830. The Balaban J connectivity index is 2.45. The number of rotatable bonds is 3. The predicted molar refractivity (Wildman–Crippen MR) is 59.4 cm³/mol. The third kappa shape index (κ3) is 1.92. The van der Waals surface area contributed by atoms with Crippen LogP contribution in [0.1, 0.15) is 11.3 Å². The summed E-state index contributed by atoms with van der Waals surface area (Å²) in [7, 11) is 1.90. The Labute approximate surface area is 89.1 Å². The van der Waals surface area contributed by atoms with Crippen LogP contribution >= 0.6 is 0 Å². The molecule has 0 aliphatic rings. The van der Waals surface area contributed by atoms with Crippen molar-refractivity contribution in [1.82, 2.24) is 10.3 Å². The minimum Gasteiger partial charge on any atom is -0.443 e. The molecule has 0 saturated carbocycles. The first kappa shape index (κ1) is 9.93. The van der Waals surface area contributed by atoms with Crippen molar-refractivity contribution in [3.05, 3.63) is 41.9 Å². The van der Waals surface area contributed by atoms with E-state index in [1.165, 1.54) is 12.0 Å². The standard InChI is InChI=1S/C12H14N2O/c1-9-5-3-4-6-10(9)12-11(7-13-2)14-8-15-12/h3-6,8,13H,7H2,1-2H3. The van der Waals surface area contributed by atoms with Gasteiger partial charge in [0.1, 0.15) is 5.69 Å². The molecule has 1 N–H and O–H groups in total. The van der Waals surface area contributed by atoms with Gasteiger partial charge in [-0.15, -0.1) is 0 Å². The number of hydrogen-bond donors (Lipinski definition) is 1. The maximum atomic E-state index is 5.43. The lowest BCUT2D eigenvalue weighted by molar-refractivity contribution is 0.570. The fraction of sp³-hybridized carbons (Fsp3) is 0.250. The molecule has 3 heteroatoms. The molecule has 0 unspecified atom stereocenters. The molecule has 1 heterocycles. The maximum absolute atomic E-state index is 5.43. The van der Waals surface area contributed by atoms with Gasteiger partial charge >= 0.3 is 0 Å². The Morgan fingerprint density at radius 3 is 2.87 bits per heavy atom. The van der Waals surface area contributed by atoms with Crippen molar-refractivity contribution in [2.24, 2.45) is 0 Å². The monoisotopic (exact) mass is 202 g/mol. The third-order valence-electron chi connectivity index (χ3n) is 2.38. The summed E-state index contributed by atoms with van der Waals surface area (Å²) >= 11 is 0. The zero-order chi connectivity index (χ0) is 10.7. The summed E-state index contributed by atoms with van der Waals surface area (Å²) in [5.41, 5.74) is 3.26. The largest absolute Gasteiger partial charge is 0.443 e. The average Bonchev–Trinajstić information content (AvgIpc) is 2.67. The van der Waals surface area contributed by atoms with Gasteiger partial charge in [-0.25, -0.2) is 4.98 Å². The second-order valence-electron chi connectivity index (χ2n) is 3.47. The highest BCUT2D eigenvalue weighted by Gasteiger charge is 2.11. The Morgan fingerprint density at radius 2 is 2.13 bits per heavy atom. The highest BCUT2D eigenvalue weighted by atomic mass is 16.3. The maximum Gasteiger partial charge on any atom is 0.181 e. The van der Waals surface area contributed by atoms with Gasteiger partial charge in [-0.05, 0) is 19.5 Å². The summed E-state index contributed by atoms with van der Waals surface area (Å²) in [4.78, 5) is 4.19. The zero-order valence-corrected chi connectivity index (χ0v) is 8.95. The number of aryl methyl sites for hydroxylation is 1.